The van der Waals surface area contributed by atoms with Gasteiger partial charge in [-0.25, -0.2) is 0 Å². The third-order valence-electron chi connectivity index (χ3n) is 6.18. The van der Waals surface area contributed by atoms with Crippen molar-refractivity contribution in [1.82, 2.24) is 5.32 Å². The van der Waals surface area contributed by atoms with E-state index in [2.05, 4.69) is 17.5 Å². The van der Waals surface area contributed by atoms with Gasteiger partial charge in [0.25, 0.3) is 0 Å². The second kappa shape index (κ2) is 4.27. The molecule has 116 valence electrons. The number of allylic oxidation sites excluding steroid dienone is 1. The Morgan fingerprint density at radius 3 is 3.14 bits per heavy atom. The summed E-state index contributed by atoms with van der Waals surface area (Å²) in [6.07, 6.45) is 5.54. The molecule has 4 nitrogen and oxygen atoms in total. The first-order chi connectivity index (χ1) is 10.8. The van der Waals surface area contributed by atoms with Crippen LogP contribution < -0.4 is 14.8 Å². The lowest BCUT2D eigenvalue weighted by Gasteiger charge is -2.48. The topological polar surface area (TPSA) is 50.7 Å². The number of aliphatic hydroxyl groups is 1. The fourth-order valence-electron chi connectivity index (χ4n) is 5.38. The summed E-state index contributed by atoms with van der Waals surface area (Å²) in [6, 6.07) is 4.21. The molecule has 1 aromatic carbocycles. The second-order valence-electron chi connectivity index (χ2n) is 7.03. The summed E-state index contributed by atoms with van der Waals surface area (Å²) >= 11 is 0. The Labute approximate surface area is 130 Å². The molecular weight excluding hydrogens is 278 g/mol. The van der Waals surface area contributed by atoms with Crippen molar-refractivity contribution in [1.29, 1.82) is 0 Å². The van der Waals surface area contributed by atoms with Crippen molar-refractivity contribution in [2.24, 2.45) is 11.8 Å². The summed E-state index contributed by atoms with van der Waals surface area (Å²) in [5, 5.41) is 14.2. The normalized spacial score (nSPS) is 40.6. The molecule has 5 atom stereocenters. The van der Waals surface area contributed by atoms with Crippen LogP contribution in [-0.4, -0.2) is 37.5 Å². The minimum absolute atomic E-state index is 0.0974. The largest absolute Gasteiger partial charge is 0.493 e. The van der Waals surface area contributed by atoms with Crippen molar-refractivity contribution in [3.05, 3.63) is 35.4 Å². The third-order valence-corrected chi connectivity index (χ3v) is 6.18. The van der Waals surface area contributed by atoms with E-state index in [1.807, 2.05) is 12.1 Å². The fourth-order valence-corrected chi connectivity index (χ4v) is 5.38. The lowest BCUT2D eigenvalue weighted by atomic mass is 9.54. The van der Waals surface area contributed by atoms with E-state index in [-0.39, 0.29) is 11.5 Å². The number of hydrogen-bond acceptors (Lipinski definition) is 4. The first kappa shape index (κ1) is 13.0. The Bertz CT molecular complexity index is 671. The maximum absolute atomic E-state index is 10.6. The number of ether oxygens (including phenoxy) is 2. The van der Waals surface area contributed by atoms with Gasteiger partial charge in [-0.1, -0.05) is 18.2 Å². The van der Waals surface area contributed by atoms with Gasteiger partial charge in [-0.15, -0.1) is 0 Å². The Kier molecular flexibility index (Phi) is 2.52. The molecule has 2 N–H and O–H groups in total. The summed E-state index contributed by atoms with van der Waals surface area (Å²) in [5.74, 6) is 2.68. The summed E-state index contributed by atoms with van der Waals surface area (Å²) in [5.41, 5.74) is 2.59. The van der Waals surface area contributed by atoms with Crippen molar-refractivity contribution in [3.8, 4) is 11.5 Å². The Hall–Kier alpha value is -1.52. The van der Waals surface area contributed by atoms with E-state index < -0.39 is 6.10 Å². The molecule has 5 rings (SSSR count). The molecule has 2 unspecified atom stereocenters. The molecule has 2 heterocycles. The predicted molar refractivity (Wildman–Crippen MR) is 82.4 cm³/mol. The standard InChI is InChI=1S/C18H21NO3/c1-21-14-5-2-10-8-11-9-19-7-6-18-12(11)3-4-13(20)17(18)22-16(14)15(10)18/h2-5,11-13,17,19-20H,6-9H2,1H3/t11-,12?,13?,17-,18-/m0/s1. The van der Waals surface area contributed by atoms with Gasteiger partial charge in [-0.05, 0) is 49.4 Å². The molecule has 4 heteroatoms. The van der Waals surface area contributed by atoms with Crippen molar-refractivity contribution in [3.63, 3.8) is 0 Å². The van der Waals surface area contributed by atoms with Crippen LogP contribution in [-0.2, 0) is 11.8 Å². The van der Waals surface area contributed by atoms with E-state index in [0.717, 1.165) is 37.4 Å². The Balaban J connectivity index is 1.83. The highest BCUT2D eigenvalue weighted by Crippen LogP contribution is 2.61. The maximum atomic E-state index is 10.6. The van der Waals surface area contributed by atoms with Crippen LogP contribution in [0, 0.1) is 11.8 Å². The average Bonchev–Trinajstić information content (AvgIpc) is 2.82. The highest BCUT2D eigenvalue weighted by atomic mass is 16.5. The molecule has 2 bridgehead atoms. The van der Waals surface area contributed by atoms with Crippen LogP contribution >= 0.6 is 0 Å². The molecule has 0 radical (unpaired) electrons. The van der Waals surface area contributed by atoms with E-state index in [0.29, 0.717) is 11.8 Å². The van der Waals surface area contributed by atoms with Gasteiger partial charge in [-0.3, -0.25) is 0 Å². The van der Waals surface area contributed by atoms with E-state index >= 15 is 0 Å². The molecule has 4 aliphatic rings. The number of aliphatic hydroxyl groups excluding tert-OH is 1. The van der Waals surface area contributed by atoms with Gasteiger partial charge in [0.15, 0.2) is 11.5 Å². The lowest BCUT2D eigenvalue weighted by Crippen LogP contribution is -2.56. The zero-order valence-corrected chi connectivity index (χ0v) is 12.7. The lowest BCUT2D eigenvalue weighted by molar-refractivity contribution is -0.00625. The van der Waals surface area contributed by atoms with Crippen molar-refractivity contribution < 1.29 is 14.6 Å². The average molecular weight is 299 g/mol. The summed E-state index contributed by atoms with van der Waals surface area (Å²) in [7, 11) is 1.69. The number of methoxy groups -OCH3 is 1. The van der Waals surface area contributed by atoms with E-state index in [1.165, 1.54) is 11.1 Å². The molecule has 1 aromatic rings. The first-order valence-corrected chi connectivity index (χ1v) is 8.20. The molecule has 22 heavy (non-hydrogen) atoms. The van der Waals surface area contributed by atoms with Gasteiger partial charge in [0.2, 0.25) is 0 Å². The molecule has 0 aromatic heterocycles. The molecule has 1 saturated heterocycles. The zero-order chi connectivity index (χ0) is 14.9. The van der Waals surface area contributed by atoms with Crippen LogP contribution in [0.25, 0.3) is 0 Å². The number of hydrogen-bond donors (Lipinski definition) is 2. The summed E-state index contributed by atoms with van der Waals surface area (Å²) in [4.78, 5) is 0. The quantitative estimate of drug-likeness (QED) is 0.770. The summed E-state index contributed by atoms with van der Waals surface area (Å²) in [6.45, 7) is 2.02. The Morgan fingerprint density at radius 2 is 2.27 bits per heavy atom. The molecule has 2 aliphatic heterocycles. The number of rotatable bonds is 1. The molecule has 0 amide bonds. The minimum Gasteiger partial charge on any atom is -0.493 e. The van der Waals surface area contributed by atoms with Gasteiger partial charge < -0.3 is 19.9 Å². The monoisotopic (exact) mass is 299 g/mol. The van der Waals surface area contributed by atoms with Crippen LogP contribution in [0.4, 0.5) is 0 Å². The molecule has 2 aliphatic carbocycles. The molecule has 1 fully saturated rings. The number of benzene rings is 1. The summed E-state index contributed by atoms with van der Waals surface area (Å²) < 4.78 is 11.9. The fraction of sp³-hybridized carbons (Fsp3) is 0.556. The van der Waals surface area contributed by atoms with Crippen molar-refractivity contribution in [2.75, 3.05) is 20.2 Å². The molecule has 0 saturated carbocycles. The first-order valence-electron chi connectivity index (χ1n) is 8.20. The van der Waals surface area contributed by atoms with Crippen molar-refractivity contribution in [2.45, 2.75) is 30.5 Å². The van der Waals surface area contributed by atoms with Crippen molar-refractivity contribution >= 4 is 0 Å². The third kappa shape index (κ3) is 1.36. The smallest absolute Gasteiger partial charge is 0.165 e. The van der Waals surface area contributed by atoms with Crippen LogP contribution in [0.15, 0.2) is 24.3 Å². The van der Waals surface area contributed by atoms with Crippen LogP contribution in [0.2, 0.25) is 0 Å². The number of nitrogens with one attached hydrogen (secondary N) is 1. The zero-order valence-electron chi connectivity index (χ0n) is 12.7. The van der Waals surface area contributed by atoms with Gasteiger partial charge in [0, 0.05) is 11.0 Å². The van der Waals surface area contributed by atoms with Crippen LogP contribution in [0.1, 0.15) is 17.5 Å². The van der Waals surface area contributed by atoms with Crippen LogP contribution in [0.3, 0.4) is 0 Å². The molecular formula is C18H21NO3. The second-order valence-corrected chi connectivity index (χ2v) is 7.03. The predicted octanol–water partition coefficient (Wildman–Crippen LogP) is 1.41. The van der Waals surface area contributed by atoms with E-state index in [4.69, 9.17) is 9.47 Å². The highest BCUT2D eigenvalue weighted by molar-refractivity contribution is 5.61. The minimum atomic E-state index is -0.543. The van der Waals surface area contributed by atoms with Gasteiger partial charge >= 0.3 is 0 Å². The van der Waals surface area contributed by atoms with Gasteiger partial charge in [0.05, 0.1) is 7.11 Å². The van der Waals surface area contributed by atoms with E-state index in [9.17, 15) is 5.11 Å². The van der Waals surface area contributed by atoms with Gasteiger partial charge in [0.1, 0.15) is 12.2 Å². The van der Waals surface area contributed by atoms with E-state index in [1.54, 1.807) is 7.11 Å². The highest BCUT2D eigenvalue weighted by Gasteiger charge is 2.62. The van der Waals surface area contributed by atoms with Gasteiger partial charge in [-0.2, -0.15) is 0 Å². The Morgan fingerprint density at radius 1 is 1.36 bits per heavy atom. The molecule has 1 spiro atoms. The SMILES string of the molecule is COc1ccc2c3c1O[C@H]1C(O)C=CC4[C@H](CNCC[C@@]341)C2. The maximum Gasteiger partial charge on any atom is 0.165 e. The van der Waals surface area contributed by atoms with Crippen LogP contribution in [0.5, 0.6) is 11.5 Å².